The van der Waals surface area contributed by atoms with Gasteiger partial charge in [-0.3, -0.25) is 0 Å². The van der Waals surface area contributed by atoms with Gasteiger partial charge in [-0.05, 0) is 25.0 Å². The van der Waals surface area contributed by atoms with Crippen LogP contribution < -0.4 is 5.32 Å². The zero-order valence-electron chi connectivity index (χ0n) is 17.8. The zero-order valence-corrected chi connectivity index (χ0v) is 17.8. The molecule has 0 saturated carbocycles. The van der Waals surface area contributed by atoms with Gasteiger partial charge in [0.2, 0.25) is 0 Å². The molecule has 2 aromatic heterocycles. The van der Waals surface area contributed by atoms with Crippen molar-refractivity contribution in [3.63, 3.8) is 0 Å². The molecule has 7 nitrogen and oxygen atoms in total. The first-order valence-electron chi connectivity index (χ1n) is 10.1. The van der Waals surface area contributed by atoms with E-state index in [4.69, 9.17) is 4.99 Å². The van der Waals surface area contributed by atoms with Crippen LogP contribution in [-0.2, 0) is 19.6 Å². The second-order valence-electron chi connectivity index (χ2n) is 7.54. The average Bonchev–Trinajstić information content (AvgIpc) is 3.35. The van der Waals surface area contributed by atoms with Crippen molar-refractivity contribution in [2.75, 3.05) is 13.6 Å². The Morgan fingerprint density at radius 1 is 1.24 bits per heavy atom. The Kier molecular flexibility index (Phi) is 7.05. The van der Waals surface area contributed by atoms with Crippen molar-refractivity contribution >= 4 is 5.96 Å². The largest absolute Gasteiger partial charge is 0.357 e. The van der Waals surface area contributed by atoms with Crippen LogP contribution in [0.1, 0.15) is 32.2 Å². The molecule has 2 heterocycles. The predicted octanol–water partition coefficient (Wildman–Crippen LogP) is 3.32. The number of nitrogens with zero attached hydrogens (tertiary/aromatic N) is 6. The molecule has 0 bridgehead atoms. The number of aromatic nitrogens is 4. The lowest BCUT2D eigenvalue weighted by molar-refractivity contribution is 0.473. The van der Waals surface area contributed by atoms with Gasteiger partial charge in [0.1, 0.15) is 12.4 Å². The minimum absolute atomic E-state index is 0.551. The molecule has 0 aliphatic heterocycles. The number of hydrogen-bond acceptors (Lipinski definition) is 3. The molecule has 29 heavy (non-hydrogen) atoms. The topological polar surface area (TPSA) is 63.3 Å². The van der Waals surface area contributed by atoms with Crippen LogP contribution in [0.4, 0.5) is 0 Å². The molecule has 0 saturated heterocycles. The summed E-state index contributed by atoms with van der Waals surface area (Å²) < 4.78 is 4.08. The van der Waals surface area contributed by atoms with E-state index in [1.54, 1.807) is 0 Å². The van der Waals surface area contributed by atoms with Crippen molar-refractivity contribution in [1.29, 1.82) is 0 Å². The van der Waals surface area contributed by atoms with E-state index in [1.807, 2.05) is 60.7 Å². The van der Waals surface area contributed by atoms with Crippen LogP contribution in [0.3, 0.4) is 0 Å². The van der Waals surface area contributed by atoms with Crippen LogP contribution in [0.15, 0.2) is 60.1 Å². The second kappa shape index (κ2) is 9.91. The Morgan fingerprint density at radius 2 is 2.03 bits per heavy atom. The smallest absolute Gasteiger partial charge is 0.194 e. The van der Waals surface area contributed by atoms with Gasteiger partial charge in [0.05, 0.1) is 11.9 Å². The second-order valence-corrected chi connectivity index (χ2v) is 7.54. The van der Waals surface area contributed by atoms with E-state index in [9.17, 15) is 0 Å². The van der Waals surface area contributed by atoms with Crippen LogP contribution in [0.25, 0.3) is 5.69 Å². The molecule has 0 radical (unpaired) electrons. The highest BCUT2D eigenvalue weighted by molar-refractivity contribution is 5.79. The number of hydrogen-bond donors (Lipinski definition) is 1. The Morgan fingerprint density at radius 3 is 2.76 bits per heavy atom. The first kappa shape index (κ1) is 20.6. The van der Waals surface area contributed by atoms with Gasteiger partial charge in [0, 0.05) is 50.8 Å². The fourth-order valence-electron chi connectivity index (χ4n) is 3.18. The summed E-state index contributed by atoms with van der Waals surface area (Å²) in [6, 6.07) is 10.1. The van der Waals surface area contributed by atoms with Gasteiger partial charge in [-0.25, -0.2) is 14.7 Å². The summed E-state index contributed by atoms with van der Waals surface area (Å²) >= 11 is 0. The molecule has 1 aromatic carbocycles. The van der Waals surface area contributed by atoms with E-state index in [0.29, 0.717) is 12.5 Å². The number of rotatable bonds is 8. The predicted molar refractivity (Wildman–Crippen MR) is 117 cm³/mol. The molecule has 0 aliphatic carbocycles. The summed E-state index contributed by atoms with van der Waals surface area (Å²) in [7, 11) is 2.04. The third-order valence-corrected chi connectivity index (χ3v) is 4.51. The minimum Gasteiger partial charge on any atom is -0.357 e. The molecular formula is C22H31N7. The molecular weight excluding hydrogens is 362 g/mol. The minimum atomic E-state index is 0.551. The Labute approximate surface area is 173 Å². The molecule has 0 fully saturated rings. The lowest BCUT2D eigenvalue weighted by Gasteiger charge is -2.21. The summed E-state index contributed by atoms with van der Waals surface area (Å²) in [5.74, 6) is 2.42. The van der Waals surface area contributed by atoms with E-state index < -0.39 is 0 Å². The lowest BCUT2D eigenvalue weighted by atomic mass is 10.2. The monoisotopic (exact) mass is 393 g/mol. The highest BCUT2D eigenvalue weighted by atomic mass is 15.3. The van der Waals surface area contributed by atoms with Crippen molar-refractivity contribution in [3.8, 4) is 5.69 Å². The summed E-state index contributed by atoms with van der Waals surface area (Å²) in [5.41, 5.74) is 2.18. The van der Waals surface area contributed by atoms with Crippen molar-refractivity contribution in [3.05, 3.63) is 66.5 Å². The lowest BCUT2D eigenvalue weighted by Crippen LogP contribution is -2.38. The van der Waals surface area contributed by atoms with E-state index in [1.165, 1.54) is 0 Å². The first-order valence-corrected chi connectivity index (χ1v) is 10.1. The molecule has 0 aliphatic rings. The van der Waals surface area contributed by atoms with Gasteiger partial charge in [0.25, 0.3) is 0 Å². The Bertz CT molecular complexity index is 908. The fourth-order valence-corrected chi connectivity index (χ4v) is 3.18. The van der Waals surface area contributed by atoms with Gasteiger partial charge in [-0.1, -0.05) is 32.0 Å². The average molecular weight is 394 g/mol. The Hall–Kier alpha value is -3.09. The van der Waals surface area contributed by atoms with Crippen LogP contribution in [-0.4, -0.2) is 43.8 Å². The van der Waals surface area contributed by atoms with E-state index >= 15 is 0 Å². The molecule has 1 N–H and O–H groups in total. The summed E-state index contributed by atoms with van der Waals surface area (Å²) in [5, 5.41) is 7.86. The number of benzene rings is 1. The van der Waals surface area contributed by atoms with Crippen molar-refractivity contribution in [1.82, 2.24) is 29.5 Å². The van der Waals surface area contributed by atoms with Gasteiger partial charge in [-0.2, -0.15) is 5.10 Å². The van der Waals surface area contributed by atoms with Gasteiger partial charge in [-0.15, -0.1) is 0 Å². The van der Waals surface area contributed by atoms with Crippen LogP contribution in [0.5, 0.6) is 0 Å². The number of imidazole rings is 1. The summed E-state index contributed by atoms with van der Waals surface area (Å²) in [4.78, 5) is 11.4. The number of nitrogens with one attached hydrogen (secondary N) is 1. The Balaban J connectivity index is 1.68. The molecule has 7 heteroatoms. The number of guanidine groups is 1. The first-order chi connectivity index (χ1) is 14.1. The molecule has 0 spiro atoms. The maximum atomic E-state index is 4.81. The van der Waals surface area contributed by atoms with E-state index in [2.05, 4.69) is 51.8 Å². The van der Waals surface area contributed by atoms with Crippen LogP contribution in [0.2, 0.25) is 0 Å². The molecule has 3 rings (SSSR count). The van der Waals surface area contributed by atoms with E-state index in [-0.39, 0.29) is 0 Å². The molecule has 0 amide bonds. The maximum Gasteiger partial charge on any atom is 0.194 e. The highest BCUT2D eigenvalue weighted by Gasteiger charge is 2.10. The number of para-hydroxylation sites is 1. The van der Waals surface area contributed by atoms with Crippen molar-refractivity contribution in [2.24, 2.45) is 10.9 Å². The molecule has 154 valence electrons. The molecule has 0 atom stereocenters. The molecule has 3 aromatic rings. The standard InChI is InChI=1S/C22H31N7/c1-5-23-22(25-14-21-24-11-12-28(21)15-18(2)3)27(4)16-19-13-26-29(17-19)20-9-7-6-8-10-20/h6-13,17-18H,5,14-16H2,1-4H3,(H,23,25). The van der Waals surface area contributed by atoms with Crippen LogP contribution >= 0.6 is 0 Å². The van der Waals surface area contributed by atoms with Crippen molar-refractivity contribution < 1.29 is 0 Å². The highest BCUT2D eigenvalue weighted by Crippen LogP contribution is 2.10. The SMILES string of the molecule is CCNC(=NCc1nccn1CC(C)C)N(C)Cc1cnn(-c2ccccc2)c1. The fraction of sp³-hybridized carbons (Fsp3) is 0.409. The zero-order chi connectivity index (χ0) is 20.6. The number of aliphatic imine (C=N–C) groups is 1. The van der Waals surface area contributed by atoms with Gasteiger partial charge in [0.15, 0.2) is 5.96 Å². The van der Waals surface area contributed by atoms with Gasteiger partial charge >= 0.3 is 0 Å². The summed E-state index contributed by atoms with van der Waals surface area (Å²) in [6.45, 7) is 9.54. The molecule has 0 unspecified atom stereocenters. The quantitative estimate of drug-likeness (QED) is 0.471. The van der Waals surface area contributed by atoms with Crippen molar-refractivity contribution in [2.45, 2.75) is 40.4 Å². The third-order valence-electron chi connectivity index (χ3n) is 4.51. The normalized spacial score (nSPS) is 11.8. The van der Waals surface area contributed by atoms with E-state index in [0.717, 1.165) is 42.7 Å². The summed E-state index contributed by atoms with van der Waals surface area (Å²) in [6.07, 6.45) is 7.84. The third kappa shape index (κ3) is 5.70. The van der Waals surface area contributed by atoms with Crippen LogP contribution in [0, 0.1) is 5.92 Å². The van der Waals surface area contributed by atoms with Gasteiger partial charge < -0.3 is 14.8 Å². The maximum absolute atomic E-state index is 4.81.